The Labute approximate surface area is 123 Å². The van der Waals surface area contributed by atoms with Gasteiger partial charge in [-0.15, -0.1) is 0 Å². The second-order valence-corrected chi connectivity index (χ2v) is 6.04. The van der Waals surface area contributed by atoms with Crippen LogP contribution in [0, 0.1) is 6.92 Å². The molecule has 3 rings (SSSR count). The monoisotopic (exact) mass is 289 g/mol. The highest BCUT2D eigenvalue weighted by molar-refractivity contribution is 7.99. The van der Waals surface area contributed by atoms with Crippen molar-refractivity contribution in [2.24, 2.45) is 0 Å². The largest absolute Gasteiger partial charge is 0.370 e. The number of aromatic nitrogens is 4. The molecule has 2 aromatic heterocycles. The van der Waals surface area contributed by atoms with Gasteiger partial charge in [-0.2, -0.15) is 0 Å². The van der Waals surface area contributed by atoms with E-state index in [0.29, 0.717) is 5.92 Å². The highest BCUT2D eigenvalue weighted by Crippen LogP contribution is 2.40. The van der Waals surface area contributed by atoms with Gasteiger partial charge in [0.1, 0.15) is 16.7 Å². The van der Waals surface area contributed by atoms with E-state index in [2.05, 4.69) is 29.1 Å². The minimum atomic E-state index is 0.550. The number of hydrogen-bond acceptors (Lipinski definition) is 5. The third-order valence-corrected chi connectivity index (χ3v) is 4.28. The van der Waals surface area contributed by atoms with Gasteiger partial charge < -0.3 is 10.3 Å². The minimum absolute atomic E-state index is 0.550. The van der Waals surface area contributed by atoms with E-state index < -0.39 is 0 Å². The Morgan fingerprint density at radius 1 is 1.40 bits per heavy atom. The molecule has 0 aromatic carbocycles. The number of imidazole rings is 1. The van der Waals surface area contributed by atoms with Gasteiger partial charge in [0, 0.05) is 30.4 Å². The van der Waals surface area contributed by atoms with Crippen LogP contribution in [-0.4, -0.2) is 26.5 Å². The molecule has 5 nitrogen and oxygen atoms in total. The lowest BCUT2D eigenvalue weighted by molar-refractivity contribution is 0.851. The second-order valence-electron chi connectivity index (χ2n) is 5.06. The van der Waals surface area contributed by atoms with Crippen LogP contribution >= 0.6 is 11.8 Å². The molecule has 0 amide bonds. The zero-order valence-corrected chi connectivity index (χ0v) is 12.6. The summed E-state index contributed by atoms with van der Waals surface area (Å²) in [5.74, 6) is 2.50. The average Bonchev–Trinajstić information content (AvgIpc) is 3.18. The number of anilines is 1. The number of H-pyrrole nitrogens is 1. The summed E-state index contributed by atoms with van der Waals surface area (Å²) in [6.45, 7) is 5.16. The summed E-state index contributed by atoms with van der Waals surface area (Å²) in [5, 5.41) is 5.28. The lowest BCUT2D eigenvalue weighted by Crippen LogP contribution is -2.08. The molecule has 0 radical (unpaired) electrons. The molecule has 1 saturated carbocycles. The molecule has 20 heavy (non-hydrogen) atoms. The van der Waals surface area contributed by atoms with Crippen LogP contribution in [0.1, 0.15) is 43.5 Å². The Hall–Kier alpha value is -1.56. The number of nitrogens with zero attached hydrogens (tertiary/aromatic N) is 3. The van der Waals surface area contributed by atoms with Crippen molar-refractivity contribution < 1.29 is 0 Å². The molecule has 0 unspecified atom stereocenters. The normalized spacial score (nSPS) is 14.5. The topological polar surface area (TPSA) is 66.5 Å². The third kappa shape index (κ3) is 2.95. The van der Waals surface area contributed by atoms with Gasteiger partial charge >= 0.3 is 0 Å². The molecule has 0 spiro atoms. The van der Waals surface area contributed by atoms with Crippen LogP contribution in [0.4, 0.5) is 5.82 Å². The van der Waals surface area contributed by atoms with Crippen LogP contribution < -0.4 is 5.32 Å². The summed E-state index contributed by atoms with van der Waals surface area (Å²) < 4.78 is 0. The molecule has 0 bridgehead atoms. The molecule has 0 saturated heterocycles. The fraction of sp³-hybridized carbons (Fsp3) is 0.500. The molecule has 0 atom stereocenters. The van der Waals surface area contributed by atoms with Crippen LogP contribution in [0.15, 0.2) is 22.6 Å². The van der Waals surface area contributed by atoms with E-state index in [-0.39, 0.29) is 0 Å². The number of aromatic amines is 1. The summed E-state index contributed by atoms with van der Waals surface area (Å²) in [5.41, 5.74) is 1.10. The maximum absolute atomic E-state index is 4.73. The van der Waals surface area contributed by atoms with Crippen molar-refractivity contribution in [3.05, 3.63) is 23.8 Å². The fourth-order valence-electron chi connectivity index (χ4n) is 1.95. The average molecular weight is 289 g/mol. The Balaban J connectivity index is 1.91. The first-order valence-corrected chi connectivity index (χ1v) is 7.89. The van der Waals surface area contributed by atoms with Gasteiger partial charge in [0.05, 0.1) is 0 Å². The van der Waals surface area contributed by atoms with Gasteiger partial charge in [-0.1, -0.05) is 6.92 Å². The van der Waals surface area contributed by atoms with Crippen LogP contribution in [0.2, 0.25) is 0 Å². The summed E-state index contributed by atoms with van der Waals surface area (Å²) >= 11 is 1.57. The first-order valence-electron chi connectivity index (χ1n) is 7.07. The van der Waals surface area contributed by atoms with Crippen molar-refractivity contribution in [3.8, 4) is 0 Å². The fourth-order valence-corrected chi connectivity index (χ4v) is 2.76. The lowest BCUT2D eigenvalue weighted by Gasteiger charge is -2.12. The molecule has 1 aliphatic carbocycles. The quantitative estimate of drug-likeness (QED) is 0.798. The molecular formula is C14H19N5S. The lowest BCUT2D eigenvalue weighted by atomic mass is 10.3. The van der Waals surface area contributed by atoms with Crippen LogP contribution in [0.5, 0.6) is 0 Å². The SMILES string of the molecule is CCCNc1nc(C2CC2)nc(Sc2ncc[nH]2)c1C. The van der Waals surface area contributed by atoms with E-state index in [1.165, 1.54) is 12.8 Å². The Bertz CT molecular complexity index is 578. The molecule has 1 fully saturated rings. The van der Waals surface area contributed by atoms with E-state index in [9.17, 15) is 0 Å². The predicted molar refractivity (Wildman–Crippen MR) is 80.2 cm³/mol. The van der Waals surface area contributed by atoms with Crippen LogP contribution in [-0.2, 0) is 0 Å². The van der Waals surface area contributed by atoms with Gasteiger partial charge in [0.15, 0.2) is 5.16 Å². The Kier molecular flexibility index (Phi) is 3.91. The third-order valence-electron chi connectivity index (χ3n) is 3.27. The summed E-state index contributed by atoms with van der Waals surface area (Å²) in [7, 11) is 0. The van der Waals surface area contributed by atoms with Gasteiger partial charge in [0.25, 0.3) is 0 Å². The Morgan fingerprint density at radius 2 is 2.25 bits per heavy atom. The van der Waals surface area contributed by atoms with E-state index >= 15 is 0 Å². The predicted octanol–water partition coefficient (Wildman–Crippen LogP) is 3.36. The summed E-state index contributed by atoms with van der Waals surface area (Å²) in [6.07, 6.45) is 7.10. The molecule has 2 N–H and O–H groups in total. The van der Waals surface area contributed by atoms with Gasteiger partial charge in [-0.3, -0.25) is 0 Å². The minimum Gasteiger partial charge on any atom is -0.370 e. The van der Waals surface area contributed by atoms with Crippen LogP contribution in [0.3, 0.4) is 0 Å². The number of hydrogen-bond donors (Lipinski definition) is 2. The number of rotatable bonds is 6. The summed E-state index contributed by atoms with van der Waals surface area (Å²) in [6, 6.07) is 0. The van der Waals surface area contributed by atoms with Crippen molar-refractivity contribution in [3.63, 3.8) is 0 Å². The zero-order chi connectivity index (χ0) is 13.9. The highest BCUT2D eigenvalue weighted by atomic mass is 32.2. The molecule has 0 aliphatic heterocycles. The molecule has 106 valence electrons. The van der Waals surface area contributed by atoms with Crippen LogP contribution in [0.25, 0.3) is 0 Å². The van der Waals surface area contributed by atoms with Crippen molar-refractivity contribution in [1.29, 1.82) is 0 Å². The van der Waals surface area contributed by atoms with E-state index in [1.807, 2.05) is 6.20 Å². The van der Waals surface area contributed by atoms with Gasteiger partial charge in [-0.25, -0.2) is 15.0 Å². The van der Waals surface area contributed by atoms with E-state index in [1.54, 1.807) is 18.0 Å². The molecule has 2 aromatic rings. The van der Waals surface area contributed by atoms with Crippen molar-refractivity contribution in [1.82, 2.24) is 19.9 Å². The smallest absolute Gasteiger partial charge is 0.171 e. The van der Waals surface area contributed by atoms with Crippen molar-refractivity contribution in [2.75, 3.05) is 11.9 Å². The van der Waals surface area contributed by atoms with Crippen molar-refractivity contribution in [2.45, 2.75) is 49.2 Å². The second kappa shape index (κ2) is 5.83. The molecule has 6 heteroatoms. The zero-order valence-electron chi connectivity index (χ0n) is 11.8. The molecular weight excluding hydrogens is 270 g/mol. The molecule has 1 aliphatic rings. The van der Waals surface area contributed by atoms with E-state index in [4.69, 9.17) is 9.97 Å². The summed E-state index contributed by atoms with van der Waals surface area (Å²) in [4.78, 5) is 16.8. The maximum Gasteiger partial charge on any atom is 0.171 e. The first kappa shape index (κ1) is 13.4. The number of nitrogens with one attached hydrogen (secondary N) is 2. The van der Waals surface area contributed by atoms with Gasteiger partial charge in [0.2, 0.25) is 0 Å². The van der Waals surface area contributed by atoms with E-state index in [0.717, 1.165) is 40.4 Å². The standard InChI is InChI=1S/C14H19N5S/c1-3-6-15-11-9(2)13(20-14-16-7-8-17-14)19-12(18-11)10-4-5-10/h7-8,10H,3-6H2,1-2H3,(H,16,17)(H,15,18,19). The van der Waals surface area contributed by atoms with Crippen molar-refractivity contribution >= 4 is 17.6 Å². The molecule has 2 heterocycles. The van der Waals surface area contributed by atoms with Gasteiger partial charge in [-0.05, 0) is 37.9 Å². The first-order chi connectivity index (χ1) is 9.78. The maximum atomic E-state index is 4.73. The Morgan fingerprint density at radius 3 is 2.90 bits per heavy atom. The highest BCUT2D eigenvalue weighted by Gasteiger charge is 2.28.